The molecule has 0 spiro atoms. The molecule has 1 aromatic heterocycles. The highest BCUT2D eigenvalue weighted by molar-refractivity contribution is 5.76. The number of aryl methyl sites for hydroxylation is 2. The van der Waals surface area contributed by atoms with Crippen LogP contribution in [0, 0.1) is 13.8 Å². The maximum absolute atomic E-state index is 5.76. The van der Waals surface area contributed by atoms with E-state index < -0.39 is 0 Å². The van der Waals surface area contributed by atoms with Gasteiger partial charge < -0.3 is 4.42 Å². The number of nitrogens with zero attached hydrogens (tertiary/aromatic N) is 1. The molecule has 0 saturated carbocycles. The summed E-state index contributed by atoms with van der Waals surface area (Å²) in [5.41, 5.74) is 5.25. The van der Waals surface area contributed by atoms with Crippen molar-refractivity contribution in [2.24, 2.45) is 0 Å². The van der Waals surface area contributed by atoms with Gasteiger partial charge in [-0.3, -0.25) is 0 Å². The molecule has 0 unspecified atom stereocenters. The molecule has 3 rings (SSSR count). The molecule has 0 aliphatic carbocycles. The second-order valence-electron chi connectivity index (χ2n) is 4.31. The van der Waals surface area contributed by atoms with Crippen LogP contribution in [0.3, 0.4) is 0 Å². The zero-order chi connectivity index (χ0) is 11.8. The Morgan fingerprint density at radius 1 is 1.00 bits per heavy atom. The summed E-state index contributed by atoms with van der Waals surface area (Å²) in [5, 5.41) is 0. The lowest BCUT2D eigenvalue weighted by Crippen LogP contribution is -1.84. The minimum absolute atomic E-state index is 0.698. The Bertz CT molecular complexity index is 649. The molecule has 0 saturated heterocycles. The van der Waals surface area contributed by atoms with Crippen molar-refractivity contribution in [1.82, 2.24) is 4.98 Å². The average Bonchev–Trinajstić information content (AvgIpc) is 2.72. The first-order chi connectivity index (χ1) is 8.24. The standard InChI is InChI=1S/C15H13NO/c1-10-7-8-12(11(2)9-10)15-16-13-5-3-4-6-14(13)17-15/h3-9H,1-2H3. The number of benzene rings is 2. The summed E-state index contributed by atoms with van der Waals surface area (Å²) in [6.07, 6.45) is 0. The molecule has 2 nitrogen and oxygen atoms in total. The van der Waals surface area contributed by atoms with Gasteiger partial charge in [0.05, 0.1) is 0 Å². The Morgan fingerprint density at radius 2 is 1.82 bits per heavy atom. The van der Waals surface area contributed by atoms with Gasteiger partial charge in [0.25, 0.3) is 0 Å². The number of aromatic nitrogens is 1. The first-order valence-corrected chi connectivity index (χ1v) is 5.67. The molecule has 0 amide bonds. The number of hydrogen-bond acceptors (Lipinski definition) is 2. The van der Waals surface area contributed by atoms with Gasteiger partial charge in [-0.2, -0.15) is 0 Å². The van der Waals surface area contributed by atoms with Crippen LogP contribution in [0.4, 0.5) is 0 Å². The predicted octanol–water partition coefficient (Wildman–Crippen LogP) is 4.11. The Morgan fingerprint density at radius 3 is 2.59 bits per heavy atom. The van der Waals surface area contributed by atoms with Gasteiger partial charge in [0.1, 0.15) is 5.52 Å². The Kier molecular flexibility index (Phi) is 2.22. The Hall–Kier alpha value is -2.09. The molecule has 3 aromatic rings. The van der Waals surface area contributed by atoms with E-state index in [-0.39, 0.29) is 0 Å². The maximum Gasteiger partial charge on any atom is 0.227 e. The van der Waals surface area contributed by atoms with Crippen molar-refractivity contribution in [1.29, 1.82) is 0 Å². The van der Waals surface area contributed by atoms with E-state index in [4.69, 9.17) is 4.42 Å². The smallest absolute Gasteiger partial charge is 0.227 e. The fourth-order valence-electron chi connectivity index (χ4n) is 2.04. The molecular weight excluding hydrogens is 210 g/mol. The average molecular weight is 223 g/mol. The third-order valence-corrected chi connectivity index (χ3v) is 2.91. The summed E-state index contributed by atoms with van der Waals surface area (Å²) in [4.78, 5) is 4.51. The summed E-state index contributed by atoms with van der Waals surface area (Å²) in [5.74, 6) is 0.698. The maximum atomic E-state index is 5.76. The zero-order valence-corrected chi connectivity index (χ0v) is 9.90. The molecule has 0 bridgehead atoms. The Balaban J connectivity index is 2.20. The van der Waals surface area contributed by atoms with Gasteiger partial charge in [-0.05, 0) is 37.6 Å². The molecule has 0 aliphatic heterocycles. The molecule has 17 heavy (non-hydrogen) atoms. The van der Waals surface area contributed by atoms with Crippen LogP contribution in [0.15, 0.2) is 46.9 Å². The number of fused-ring (bicyclic) bond motifs is 1. The van der Waals surface area contributed by atoms with Crippen LogP contribution < -0.4 is 0 Å². The molecule has 84 valence electrons. The molecular formula is C15H13NO. The Labute approximate surface area is 99.9 Å². The van der Waals surface area contributed by atoms with E-state index in [0.717, 1.165) is 16.7 Å². The van der Waals surface area contributed by atoms with Crippen LogP contribution in [-0.2, 0) is 0 Å². The first kappa shape index (κ1) is 10.1. The lowest BCUT2D eigenvalue weighted by molar-refractivity contribution is 0.619. The van der Waals surface area contributed by atoms with E-state index in [9.17, 15) is 0 Å². The van der Waals surface area contributed by atoms with Crippen molar-refractivity contribution < 1.29 is 4.42 Å². The summed E-state index contributed by atoms with van der Waals surface area (Å²) >= 11 is 0. The largest absolute Gasteiger partial charge is 0.436 e. The SMILES string of the molecule is Cc1ccc(-c2nc3ccccc3o2)c(C)c1. The van der Waals surface area contributed by atoms with Gasteiger partial charge in [-0.25, -0.2) is 4.98 Å². The molecule has 0 fully saturated rings. The summed E-state index contributed by atoms with van der Waals surface area (Å²) in [6, 6.07) is 14.1. The minimum Gasteiger partial charge on any atom is -0.436 e. The number of rotatable bonds is 1. The van der Waals surface area contributed by atoms with E-state index in [1.165, 1.54) is 11.1 Å². The van der Waals surface area contributed by atoms with Crippen LogP contribution >= 0.6 is 0 Å². The topological polar surface area (TPSA) is 26.0 Å². The van der Waals surface area contributed by atoms with Crippen molar-refractivity contribution in [2.45, 2.75) is 13.8 Å². The van der Waals surface area contributed by atoms with Gasteiger partial charge in [0.2, 0.25) is 5.89 Å². The highest BCUT2D eigenvalue weighted by Crippen LogP contribution is 2.26. The summed E-state index contributed by atoms with van der Waals surface area (Å²) in [7, 11) is 0. The van der Waals surface area contributed by atoms with Crippen molar-refractivity contribution >= 4 is 11.1 Å². The van der Waals surface area contributed by atoms with Crippen molar-refractivity contribution in [3.8, 4) is 11.5 Å². The van der Waals surface area contributed by atoms with Gasteiger partial charge >= 0.3 is 0 Å². The number of oxazole rings is 1. The summed E-state index contributed by atoms with van der Waals surface area (Å²) < 4.78 is 5.76. The molecule has 2 aromatic carbocycles. The van der Waals surface area contributed by atoms with Crippen LogP contribution in [0.5, 0.6) is 0 Å². The van der Waals surface area contributed by atoms with E-state index in [1.807, 2.05) is 24.3 Å². The van der Waals surface area contributed by atoms with Gasteiger partial charge in [-0.1, -0.05) is 29.8 Å². The van der Waals surface area contributed by atoms with E-state index in [1.54, 1.807) is 0 Å². The van der Waals surface area contributed by atoms with Gasteiger partial charge in [0.15, 0.2) is 5.58 Å². The van der Waals surface area contributed by atoms with Crippen LogP contribution in [0.25, 0.3) is 22.6 Å². The molecule has 2 heteroatoms. The van der Waals surface area contributed by atoms with Crippen LogP contribution in [0.2, 0.25) is 0 Å². The molecule has 0 aliphatic rings. The van der Waals surface area contributed by atoms with Crippen LogP contribution in [-0.4, -0.2) is 4.98 Å². The van der Waals surface area contributed by atoms with E-state index >= 15 is 0 Å². The minimum atomic E-state index is 0.698. The van der Waals surface area contributed by atoms with Crippen molar-refractivity contribution in [3.63, 3.8) is 0 Å². The third kappa shape index (κ3) is 1.72. The third-order valence-electron chi connectivity index (χ3n) is 2.91. The second-order valence-corrected chi connectivity index (χ2v) is 4.31. The number of para-hydroxylation sites is 2. The quantitative estimate of drug-likeness (QED) is 0.620. The highest BCUT2D eigenvalue weighted by atomic mass is 16.3. The normalized spacial score (nSPS) is 10.9. The fraction of sp³-hybridized carbons (Fsp3) is 0.133. The molecule has 0 N–H and O–H groups in total. The van der Waals surface area contributed by atoms with Gasteiger partial charge in [-0.15, -0.1) is 0 Å². The van der Waals surface area contributed by atoms with Crippen molar-refractivity contribution in [3.05, 3.63) is 53.6 Å². The van der Waals surface area contributed by atoms with Crippen molar-refractivity contribution in [2.75, 3.05) is 0 Å². The molecule has 0 atom stereocenters. The number of hydrogen-bond donors (Lipinski definition) is 0. The zero-order valence-electron chi connectivity index (χ0n) is 9.90. The van der Waals surface area contributed by atoms with E-state index in [0.29, 0.717) is 5.89 Å². The van der Waals surface area contributed by atoms with Gasteiger partial charge in [0, 0.05) is 5.56 Å². The highest BCUT2D eigenvalue weighted by Gasteiger charge is 2.09. The molecule has 1 heterocycles. The second kappa shape index (κ2) is 3.74. The van der Waals surface area contributed by atoms with Crippen LogP contribution in [0.1, 0.15) is 11.1 Å². The predicted molar refractivity (Wildman–Crippen MR) is 68.9 cm³/mol. The fourth-order valence-corrected chi connectivity index (χ4v) is 2.04. The summed E-state index contributed by atoms with van der Waals surface area (Å²) in [6.45, 7) is 4.17. The first-order valence-electron chi connectivity index (χ1n) is 5.67. The lowest BCUT2D eigenvalue weighted by atomic mass is 10.1. The lowest BCUT2D eigenvalue weighted by Gasteiger charge is -2.01. The monoisotopic (exact) mass is 223 g/mol. The van der Waals surface area contributed by atoms with E-state index in [2.05, 4.69) is 37.0 Å². The molecule has 0 radical (unpaired) electrons.